The van der Waals surface area contributed by atoms with E-state index in [9.17, 15) is 13.2 Å². The molecule has 4 nitrogen and oxygen atoms in total. The Balaban J connectivity index is 2.30. The van der Waals surface area contributed by atoms with Crippen LogP contribution in [0.3, 0.4) is 0 Å². The van der Waals surface area contributed by atoms with Gasteiger partial charge >= 0.3 is 6.18 Å². The molecule has 0 spiro atoms. The summed E-state index contributed by atoms with van der Waals surface area (Å²) in [5, 5.41) is 0. The summed E-state index contributed by atoms with van der Waals surface area (Å²) < 4.78 is 37.8. The van der Waals surface area contributed by atoms with Crippen molar-refractivity contribution in [3.05, 3.63) is 11.9 Å². The molecule has 1 aliphatic rings. The molecule has 7 heteroatoms. The van der Waals surface area contributed by atoms with Crippen molar-refractivity contribution in [3.8, 4) is 0 Å². The van der Waals surface area contributed by atoms with Gasteiger partial charge in [-0.25, -0.2) is 9.97 Å². The van der Waals surface area contributed by atoms with Crippen LogP contribution in [0.25, 0.3) is 0 Å². The number of hydrogen-bond donors (Lipinski definition) is 1. The molecule has 1 saturated carbocycles. The van der Waals surface area contributed by atoms with Crippen molar-refractivity contribution in [2.75, 3.05) is 17.2 Å². The van der Waals surface area contributed by atoms with Gasteiger partial charge in [0.2, 0.25) is 0 Å². The van der Waals surface area contributed by atoms with Crippen LogP contribution < -0.4 is 10.6 Å². The van der Waals surface area contributed by atoms with Gasteiger partial charge in [0.1, 0.15) is 24.0 Å². The smallest absolute Gasteiger partial charge is 0.384 e. The van der Waals surface area contributed by atoms with Crippen LogP contribution in [0.2, 0.25) is 0 Å². The first-order chi connectivity index (χ1) is 8.76. The van der Waals surface area contributed by atoms with E-state index in [1.807, 2.05) is 0 Å². The van der Waals surface area contributed by atoms with E-state index in [-0.39, 0.29) is 23.6 Å². The largest absolute Gasteiger partial charge is 0.405 e. The van der Waals surface area contributed by atoms with Crippen LogP contribution in [0, 0.1) is 0 Å². The predicted molar refractivity (Wildman–Crippen MR) is 67.0 cm³/mol. The zero-order valence-corrected chi connectivity index (χ0v) is 10.9. The molecule has 0 bridgehead atoms. The lowest BCUT2D eigenvalue weighted by Crippen LogP contribution is -2.39. The molecule has 1 fully saturated rings. The molecule has 2 N–H and O–H groups in total. The van der Waals surface area contributed by atoms with E-state index < -0.39 is 12.7 Å². The van der Waals surface area contributed by atoms with Gasteiger partial charge in [-0.15, -0.1) is 0 Å². The van der Waals surface area contributed by atoms with Crippen LogP contribution in [0.4, 0.5) is 24.8 Å². The summed E-state index contributed by atoms with van der Waals surface area (Å²) in [4.78, 5) is 9.53. The fraction of sp³-hybridized carbons (Fsp3) is 0.667. The molecule has 0 amide bonds. The molecule has 1 aromatic rings. The van der Waals surface area contributed by atoms with Gasteiger partial charge in [0.05, 0.1) is 0 Å². The third-order valence-electron chi connectivity index (χ3n) is 2.96. The lowest BCUT2D eigenvalue weighted by atomic mass is 10.3. The van der Waals surface area contributed by atoms with Gasteiger partial charge in [0.25, 0.3) is 0 Å². The van der Waals surface area contributed by atoms with Crippen LogP contribution in [0.5, 0.6) is 0 Å². The number of rotatable bonds is 4. The lowest BCUT2D eigenvalue weighted by Gasteiger charge is -2.29. The second-order valence-electron chi connectivity index (χ2n) is 5.12. The van der Waals surface area contributed by atoms with E-state index in [2.05, 4.69) is 9.97 Å². The van der Waals surface area contributed by atoms with Gasteiger partial charge in [0, 0.05) is 18.0 Å². The zero-order valence-electron chi connectivity index (χ0n) is 10.9. The number of nitrogen functional groups attached to an aromatic ring is 1. The first-order valence-corrected chi connectivity index (χ1v) is 6.24. The summed E-state index contributed by atoms with van der Waals surface area (Å²) in [5.41, 5.74) is 5.67. The maximum Gasteiger partial charge on any atom is 0.405 e. The molecule has 0 aromatic carbocycles. The highest BCUT2D eigenvalue weighted by Gasteiger charge is 2.34. The monoisotopic (exact) mass is 274 g/mol. The second kappa shape index (κ2) is 4.86. The zero-order chi connectivity index (χ0) is 14.2. The van der Waals surface area contributed by atoms with Crippen molar-refractivity contribution in [2.45, 2.75) is 44.8 Å². The van der Waals surface area contributed by atoms with Gasteiger partial charge in [-0.2, -0.15) is 13.2 Å². The van der Waals surface area contributed by atoms with Gasteiger partial charge in [0.15, 0.2) is 0 Å². The fourth-order valence-corrected chi connectivity index (χ4v) is 1.86. The average molecular weight is 274 g/mol. The van der Waals surface area contributed by atoms with Crippen molar-refractivity contribution >= 4 is 11.6 Å². The molecule has 2 rings (SSSR count). The Morgan fingerprint density at radius 1 is 1.37 bits per heavy atom. The number of nitrogens with two attached hydrogens (primary N) is 1. The Labute approximate surface area is 109 Å². The standard InChI is InChI=1S/C12H17F3N4/c1-7(2)19(6-12(13,14)15)10-5-9(16)17-11(18-10)8-3-4-8/h5,7-8H,3-4,6H2,1-2H3,(H2,16,17,18). The highest BCUT2D eigenvalue weighted by atomic mass is 19.4. The van der Waals surface area contributed by atoms with Crippen LogP contribution in [0.15, 0.2) is 6.07 Å². The van der Waals surface area contributed by atoms with Gasteiger partial charge in [-0.05, 0) is 26.7 Å². The summed E-state index contributed by atoms with van der Waals surface area (Å²) in [5.74, 6) is 1.28. The van der Waals surface area contributed by atoms with Crippen LogP contribution in [-0.2, 0) is 0 Å². The molecular weight excluding hydrogens is 257 g/mol. The number of alkyl halides is 3. The maximum atomic E-state index is 12.6. The minimum Gasteiger partial charge on any atom is -0.384 e. The molecule has 0 unspecified atom stereocenters. The maximum absolute atomic E-state index is 12.6. The first kappa shape index (κ1) is 13.9. The van der Waals surface area contributed by atoms with E-state index in [4.69, 9.17) is 5.73 Å². The summed E-state index contributed by atoms with van der Waals surface area (Å²) in [6, 6.07) is 1.08. The average Bonchev–Trinajstić information content (AvgIpc) is 3.07. The van der Waals surface area contributed by atoms with Gasteiger partial charge in [-0.1, -0.05) is 0 Å². The molecule has 0 atom stereocenters. The van der Waals surface area contributed by atoms with Crippen LogP contribution >= 0.6 is 0 Å². The normalized spacial score (nSPS) is 15.9. The summed E-state index contributed by atoms with van der Waals surface area (Å²) in [7, 11) is 0. The third kappa shape index (κ3) is 3.71. The Bertz CT molecular complexity index is 455. The van der Waals surface area contributed by atoms with E-state index in [0.717, 1.165) is 12.8 Å². The van der Waals surface area contributed by atoms with E-state index in [1.165, 1.54) is 11.0 Å². The minimum atomic E-state index is -4.27. The molecule has 19 heavy (non-hydrogen) atoms. The van der Waals surface area contributed by atoms with Crippen molar-refractivity contribution in [3.63, 3.8) is 0 Å². The molecule has 1 heterocycles. The Kier molecular flexibility index (Phi) is 3.56. The van der Waals surface area contributed by atoms with E-state index >= 15 is 0 Å². The molecule has 1 aromatic heterocycles. The van der Waals surface area contributed by atoms with Crippen molar-refractivity contribution in [1.29, 1.82) is 0 Å². The topological polar surface area (TPSA) is 55.0 Å². The molecule has 0 saturated heterocycles. The van der Waals surface area contributed by atoms with Crippen LogP contribution in [0.1, 0.15) is 38.4 Å². The predicted octanol–water partition coefficient (Wildman–Crippen LogP) is 2.71. The lowest BCUT2D eigenvalue weighted by molar-refractivity contribution is -0.120. The molecule has 106 valence electrons. The van der Waals surface area contributed by atoms with E-state index in [0.29, 0.717) is 5.82 Å². The number of aromatic nitrogens is 2. The number of hydrogen-bond acceptors (Lipinski definition) is 4. The van der Waals surface area contributed by atoms with Gasteiger partial charge in [-0.3, -0.25) is 0 Å². The number of nitrogens with zero attached hydrogens (tertiary/aromatic N) is 3. The SMILES string of the molecule is CC(C)N(CC(F)(F)F)c1cc(N)nc(C2CC2)n1. The number of anilines is 2. The van der Waals surface area contributed by atoms with Crippen molar-refractivity contribution in [2.24, 2.45) is 0 Å². The molecular formula is C12H17F3N4. The molecule has 0 radical (unpaired) electrons. The van der Waals surface area contributed by atoms with Crippen molar-refractivity contribution < 1.29 is 13.2 Å². The minimum absolute atomic E-state index is 0.222. The molecule has 0 aliphatic heterocycles. The highest BCUT2D eigenvalue weighted by molar-refractivity contribution is 5.48. The van der Waals surface area contributed by atoms with Crippen molar-refractivity contribution in [1.82, 2.24) is 9.97 Å². The summed E-state index contributed by atoms with van der Waals surface area (Å²) in [6.07, 6.45) is -2.32. The third-order valence-corrected chi connectivity index (χ3v) is 2.96. The van der Waals surface area contributed by atoms with E-state index in [1.54, 1.807) is 13.8 Å². The Morgan fingerprint density at radius 3 is 2.47 bits per heavy atom. The highest BCUT2D eigenvalue weighted by Crippen LogP contribution is 2.39. The quantitative estimate of drug-likeness (QED) is 0.917. The first-order valence-electron chi connectivity index (χ1n) is 6.24. The summed E-state index contributed by atoms with van der Waals surface area (Å²) >= 11 is 0. The summed E-state index contributed by atoms with van der Waals surface area (Å²) in [6.45, 7) is 2.35. The van der Waals surface area contributed by atoms with Gasteiger partial charge < -0.3 is 10.6 Å². The second-order valence-corrected chi connectivity index (χ2v) is 5.12. The fourth-order valence-electron chi connectivity index (χ4n) is 1.86. The molecule has 1 aliphatic carbocycles. The Hall–Kier alpha value is -1.53. The Morgan fingerprint density at radius 2 is 2.00 bits per heavy atom. The van der Waals surface area contributed by atoms with Crippen LogP contribution in [-0.4, -0.2) is 28.7 Å². The number of halogens is 3.